The van der Waals surface area contributed by atoms with Crippen LogP contribution in [0.15, 0.2) is 24.5 Å². The summed E-state index contributed by atoms with van der Waals surface area (Å²) in [6.07, 6.45) is 2.99. The van der Waals surface area contributed by atoms with Gasteiger partial charge in [-0.1, -0.05) is 6.92 Å². The molecule has 0 saturated carbocycles. The molecule has 5 nitrogen and oxygen atoms in total. The molecule has 3 rings (SSSR count). The van der Waals surface area contributed by atoms with Gasteiger partial charge >= 0.3 is 0 Å². The molecule has 0 unspecified atom stereocenters. The Morgan fingerprint density at radius 2 is 2.00 bits per heavy atom. The molecule has 1 fully saturated rings. The lowest BCUT2D eigenvalue weighted by molar-refractivity contribution is 0.0747. The van der Waals surface area contributed by atoms with Crippen LogP contribution in [0.5, 0.6) is 0 Å². The fraction of sp³-hybridized carbons (Fsp3) is 0.400. The van der Waals surface area contributed by atoms with E-state index in [-0.39, 0.29) is 17.4 Å². The van der Waals surface area contributed by atoms with Crippen LogP contribution in [0, 0.1) is 11.7 Å². The lowest BCUT2D eigenvalue weighted by atomic mass is 10.1. The highest BCUT2D eigenvalue weighted by Gasteiger charge is 2.25. The summed E-state index contributed by atoms with van der Waals surface area (Å²) in [4.78, 5) is 22.3. The minimum absolute atomic E-state index is 0.00659. The maximum absolute atomic E-state index is 14.2. The zero-order chi connectivity index (χ0) is 15.7. The number of rotatable bonds is 1. The summed E-state index contributed by atoms with van der Waals surface area (Å²) < 4.78 is 25.9. The highest BCUT2D eigenvalue weighted by atomic mass is 32.2. The van der Waals surface area contributed by atoms with E-state index in [1.165, 1.54) is 24.5 Å². The summed E-state index contributed by atoms with van der Waals surface area (Å²) >= 11 is 0. The number of halogens is 1. The van der Waals surface area contributed by atoms with E-state index < -0.39 is 16.6 Å². The molecule has 1 amide bonds. The second kappa shape index (κ2) is 6.08. The normalized spacial score (nSPS) is 22.5. The first-order valence-corrected chi connectivity index (χ1v) is 8.58. The van der Waals surface area contributed by atoms with E-state index in [4.69, 9.17) is 0 Å². The molecule has 0 radical (unpaired) electrons. The average Bonchev–Trinajstić information content (AvgIpc) is 2.66. The van der Waals surface area contributed by atoms with Gasteiger partial charge in [0, 0.05) is 53.9 Å². The van der Waals surface area contributed by atoms with Gasteiger partial charge in [-0.25, -0.2) is 4.39 Å². The van der Waals surface area contributed by atoms with E-state index in [1.54, 1.807) is 4.90 Å². The molecule has 1 aromatic carbocycles. The lowest BCUT2D eigenvalue weighted by Crippen LogP contribution is -2.35. The van der Waals surface area contributed by atoms with E-state index in [2.05, 4.69) is 9.97 Å². The fourth-order valence-corrected chi connectivity index (χ4v) is 3.97. The third-order valence-electron chi connectivity index (χ3n) is 3.67. The Morgan fingerprint density at radius 3 is 2.73 bits per heavy atom. The van der Waals surface area contributed by atoms with Gasteiger partial charge in [0.15, 0.2) is 0 Å². The van der Waals surface area contributed by atoms with E-state index in [1.807, 2.05) is 6.92 Å². The van der Waals surface area contributed by atoms with Crippen LogP contribution in [0.2, 0.25) is 0 Å². The summed E-state index contributed by atoms with van der Waals surface area (Å²) in [7, 11) is -0.919. The lowest BCUT2D eigenvalue weighted by Gasteiger charge is -2.22. The quantitative estimate of drug-likeness (QED) is 0.800. The predicted octanol–water partition coefficient (Wildman–Crippen LogP) is 1.61. The molecule has 0 aliphatic carbocycles. The topological polar surface area (TPSA) is 63.2 Å². The fourth-order valence-electron chi connectivity index (χ4n) is 2.64. The third kappa shape index (κ3) is 2.99. The van der Waals surface area contributed by atoms with Crippen molar-refractivity contribution in [3.8, 4) is 0 Å². The Labute approximate surface area is 130 Å². The summed E-state index contributed by atoms with van der Waals surface area (Å²) in [5.41, 5.74) is 0.897. The smallest absolute Gasteiger partial charge is 0.256 e. The number of carbonyl (C=O) groups is 1. The van der Waals surface area contributed by atoms with Crippen molar-refractivity contribution < 1.29 is 13.4 Å². The highest BCUT2D eigenvalue weighted by molar-refractivity contribution is 7.85. The largest absolute Gasteiger partial charge is 0.337 e. The maximum atomic E-state index is 14.2. The molecule has 1 aromatic heterocycles. The van der Waals surface area contributed by atoms with Gasteiger partial charge in [-0.15, -0.1) is 0 Å². The number of benzene rings is 1. The van der Waals surface area contributed by atoms with Crippen molar-refractivity contribution in [2.75, 3.05) is 24.6 Å². The number of carbonyl (C=O) groups excluding carboxylic acids is 1. The van der Waals surface area contributed by atoms with Gasteiger partial charge in [0.2, 0.25) is 0 Å². The molecule has 2 heterocycles. The SMILES string of the molecule is C[C@H]1CN(C(=O)c2cc3nccnc3cc2F)CC[S@@](=O)C1. The zero-order valence-corrected chi connectivity index (χ0v) is 13.0. The Morgan fingerprint density at radius 1 is 1.32 bits per heavy atom. The number of hydrogen-bond donors (Lipinski definition) is 0. The van der Waals surface area contributed by atoms with E-state index in [0.29, 0.717) is 35.6 Å². The number of amides is 1. The second-order valence-corrected chi connectivity index (χ2v) is 7.17. The van der Waals surface area contributed by atoms with Crippen LogP contribution >= 0.6 is 0 Å². The zero-order valence-electron chi connectivity index (χ0n) is 12.2. The van der Waals surface area contributed by atoms with Gasteiger partial charge in [-0.2, -0.15) is 0 Å². The predicted molar refractivity (Wildman–Crippen MR) is 82.4 cm³/mol. The molecule has 2 aromatic rings. The van der Waals surface area contributed by atoms with E-state index >= 15 is 0 Å². The molecule has 1 saturated heterocycles. The first-order valence-electron chi connectivity index (χ1n) is 7.09. The highest BCUT2D eigenvalue weighted by Crippen LogP contribution is 2.19. The number of aromatic nitrogens is 2. The summed E-state index contributed by atoms with van der Waals surface area (Å²) in [5.74, 6) is 0.169. The van der Waals surface area contributed by atoms with Gasteiger partial charge < -0.3 is 4.90 Å². The minimum Gasteiger partial charge on any atom is -0.337 e. The van der Waals surface area contributed by atoms with Crippen molar-refractivity contribution >= 4 is 27.7 Å². The molecule has 1 aliphatic rings. The van der Waals surface area contributed by atoms with Crippen LogP contribution < -0.4 is 0 Å². The van der Waals surface area contributed by atoms with Crippen molar-refractivity contribution in [2.24, 2.45) is 5.92 Å². The van der Waals surface area contributed by atoms with Crippen molar-refractivity contribution in [1.29, 1.82) is 0 Å². The first-order chi connectivity index (χ1) is 10.5. The van der Waals surface area contributed by atoms with Crippen LogP contribution in [0.3, 0.4) is 0 Å². The Kier molecular flexibility index (Phi) is 4.15. The van der Waals surface area contributed by atoms with Crippen molar-refractivity contribution in [1.82, 2.24) is 14.9 Å². The maximum Gasteiger partial charge on any atom is 0.256 e. The molecule has 0 N–H and O–H groups in total. The van der Waals surface area contributed by atoms with Crippen LogP contribution in [0.4, 0.5) is 4.39 Å². The van der Waals surface area contributed by atoms with Crippen LogP contribution in [-0.4, -0.2) is 49.6 Å². The van der Waals surface area contributed by atoms with Gasteiger partial charge in [0.1, 0.15) is 5.82 Å². The van der Waals surface area contributed by atoms with Crippen molar-refractivity contribution in [2.45, 2.75) is 6.92 Å². The van der Waals surface area contributed by atoms with Crippen LogP contribution in [0.25, 0.3) is 11.0 Å². The average molecular weight is 321 g/mol. The molecular weight excluding hydrogens is 305 g/mol. The minimum atomic E-state index is -0.919. The number of fused-ring (bicyclic) bond motifs is 1. The van der Waals surface area contributed by atoms with Crippen LogP contribution in [-0.2, 0) is 10.8 Å². The van der Waals surface area contributed by atoms with E-state index in [9.17, 15) is 13.4 Å². The molecular formula is C15H16FN3O2S. The Bertz CT molecular complexity index is 753. The Hall–Kier alpha value is -1.89. The van der Waals surface area contributed by atoms with Crippen molar-refractivity contribution in [3.05, 3.63) is 35.9 Å². The van der Waals surface area contributed by atoms with E-state index in [0.717, 1.165) is 0 Å². The van der Waals surface area contributed by atoms with Crippen LogP contribution in [0.1, 0.15) is 17.3 Å². The van der Waals surface area contributed by atoms with Gasteiger partial charge in [0.05, 0.1) is 16.6 Å². The molecule has 0 spiro atoms. The molecule has 22 heavy (non-hydrogen) atoms. The summed E-state index contributed by atoms with van der Waals surface area (Å²) in [6, 6.07) is 2.67. The molecule has 1 aliphatic heterocycles. The summed E-state index contributed by atoms with van der Waals surface area (Å²) in [5, 5.41) is 0. The van der Waals surface area contributed by atoms with Gasteiger partial charge in [-0.05, 0) is 12.0 Å². The van der Waals surface area contributed by atoms with Crippen molar-refractivity contribution in [3.63, 3.8) is 0 Å². The van der Waals surface area contributed by atoms with Gasteiger partial charge in [0.25, 0.3) is 5.91 Å². The monoisotopic (exact) mass is 321 g/mol. The Balaban J connectivity index is 1.94. The third-order valence-corrected chi connectivity index (χ3v) is 5.25. The van der Waals surface area contributed by atoms with Gasteiger partial charge in [-0.3, -0.25) is 19.0 Å². The first kappa shape index (κ1) is 15.0. The molecule has 2 atom stereocenters. The molecule has 0 bridgehead atoms. The second-order valence-electron chi connectivity index (χ2n) is 5.54. The molecule has 7 heteroatoms. The standard InChI is InChI=1S/C15H16FN3O2S/c1-10-8-19(4-5-22(21)9-10)15(20)11-6-13-14(7-12(11)16)18-3-2-17-13/h2-3,6-7,10H,4-5,8-9H2,1H3/t10-,22+/m0/s1. The summed E-state index contributed by atoms with van der Waals surface area (Å²) in [6.45, 7) is 2.82. The number of hydrogen-bond acceptors (Lipinski definition) is 4. The molecule has 116 valence electrons. The number of nitrogens with zero attached hydrogens (tertiary/aromatic N) is 3.